The molecule has 0 saturated carbocycles. The van der Waals surface area contributed by atoms with Crippen molar-refractivity contribution in [2.24, 2.45) is 5.92 Å². The molecule has 2 aliphatic rings. The number of pyridine rings is 1. The fourth-order valence-electron chi connectivity index (χ4n) is 4.93. The van der Waals surface area contributed by atoms with E-state index in [4.69, 9.17) is 4.98 Å². The number of hydrogen-bond acceptors (Lipinski definition) is 5. The lowest BCUT2D eigenvalue weighted by Crippen LogP contribution is -2.33. The van der Waals surface area contributed by atoms with Gasteiger partial charge in [0.2, 0.25) is 11.9 Å². The summed E-state index contributed by atoms with van der Waals surface area (Å²) in [7, 11) is 2.14. The number of aromatic nitrogens is 3. The Bertz CT molecular complexity index is 1210. The SMILES string of the molecule is CC(=O)N1CCn2c1nc(-c1cccc(C)n1)c2-c1ccc(F)c(NCC2CCN(C)CC2)c1. The van der Waals surface area contributed by atoms with E-state index in [-0.39, 0.29) is 11.7 Å². The maximum Gasteiger partial charge on any atom is 0.226 e. The number of rotatable bonds is 5. The van der Waals surface area contributed by atoms with E-state index in [0.29, 0.717) is 36.3 Å². The number of fused-ring (bicyclic) bond motifs is 1. The molecular formula is C26H31FN6O. The summed E-state index contributed by atoms with van der Waals surface area (Å²) in [6.07, 6.45) is 2.23. The largest absolute Gasteiger partial charge is 0.382 e. The Kier molecular flexibility index (Phi) is 6.08. The van der Waals surface area contributed by atoms with Crippen molar-refractivity contribution in [2.45, 2.75) is 33.2 Å². The first kappa shape index (κ1) is 22.5. The quantitative estimate of drug-likeness (QED) is 0.616. The molecule has 1 N–H and O–H groups in total. The van der Waals surface area contributed by atoms with E-state index in [2.05, 4.69) is 26.8 Å². The van der Waals surface area contributed by atoms with E-state index in [1.54, 1.807) is 17.9 Å². The Hall–Kier alpha value is -3.26. The van der Waals surface area contributed by atoms with Crippen LogP contribution >= 0.6 is 0 Å². The second-order valence-corrected chi connectivity index (χ2v) is 9.42. The average molecular weight is 463 g/mol. The van der Waals surface area contributed by atoms with Gasteiger partial charge in [-0.2, -0.15) is 0 Å². The third-order valence-corrected chi connectivity index (χ3v) is 6.91. The highest BCUT2D eigenvalue weighted by Gasteiger charge is 2.31. The first-order chi connectivity index (χ1) is 16.4. The number of hydrogen-bond donors (Lipinski definition) is 1. The first-order valence-electron chi connectivity index (χ1n) is 12.0. The van der Waals surface area contributed by atoms with E-state index in [0.717, 1.165) is 55.1 Å². The van der Waals surface area contributed by atoms with Gasteiger partial charge in [0.1, 0.15) is 11.5 Å². The molecule has 1 aromatic carbocycles. The molecule has 8 heteroatoms. The molecule has 4 heterocycles. The summed E-state index contributed by atoms with van der Waals surface area (Å²) in [4.78, 5) is 25.8. The van der Waals surface area contributed by atoms with Gasteiger partial charge in [0.15, 0.2) is 0 Å². The molecule has 0 aliphatic carbocycles. The van der Waals surface area contributed by atoms with Crippen molar-refractivity contribution >= 4 is 17.5 Å². The number of imidazole rings is 1. The van der Waals surface area contributed by atoms with E-state index in [1.165, 1.54) is 6.07 Å². The summed E-state index contributed by atoms with van der Waals surface area (Å²) in [6.45, 7) is 7.62. The molecule has 34 heavy (non-hydrogen) atoms. The fraction of sp³-hybridized carbons (Fsp3) is 0.423. The highest BCUT2D eigenvalue weighted by Crippen LogP contribution is 2.38. The molecule has 0 bridgehead atoms. The van der Waals surface area contributed by atoms with Crippen LogP contribution in [0.3, 0.4) is 0 Å². The summed E-state index contributed by atoms with van der Waals surface area (Å²) in [5.41, 5.74) is 4.55. The molecule has 0 unspecified atom stereocenters. The number of likely N-dealkylation sites (tertiary alicyclic amines) is 1. The monoisotopic (exact) mass is 462 g/mol. The predicted molar refractivity (Wildman–Crippen MR) is 132 cm³/mol. The first-order valence-corrected chi connectivity index (χ1v) is 12.0. The molecule has 2 aromatic heterocycles. The molecule has 7 nitrogen and oxygen atoms in total. The van der Waals surface area contributed by atoms with Gasteiger partial charge in [0.05, 0.1) is 17.1 Å². The molecule has 0 atom stereocenters. The van der Waals surface area contributed by atoms with Gasteiger partial charge in [0.25, 0.3) is 0 Å². The van der Waals surface area contributed by atoms with Gasteiger partial charge in [-0.05, 0) is 76.2 Å². The molecule has 1 fully saturated rings. The molecule has 0 spiro atoms. The van der Waals surface area contributed by atoms with Gasteiger partial charge >= 0.3 is 0 Å². The Labute approximate surface area is 199 Å². The van der Waals surface area contributed by atoms with Crippen LogP contribution in [-0.4, -0.2) is 58.6 Å². The number of piperidine rings is 1. The standard InChI is InChI=1S/C26H31FN6O/c1-17-5-4-6-22(29-17)24-25(33-14-13-32(18(2)34)26(33)30-24)20-7-8-21(27)23(15-20)28-16-19-9-11-31(3)12-10-19/h4-8,15,19,28H,9-14,16H2,1-3H3. The lowest BCUT2D eigenvalue weighted by atomic mass is 9.97. The second-order valence-electron chi connectivity index (χ2n) is 9.42. The minimum atomic E-state index is -0.265. The van der Waals surface area contributed by atoms with E-state index < -0.39 is 0 Å². The number of aryl methyl sites for hydroxylation is 1. The van der Waals surface area contributed by atoms with Crippen LogP contribution in [0.2, 0.25) is 0 Å². The number of halogens is 1. The van der Waals surface area contributed by atoms with Crippen LogP contribution in [0, 0.1) is 18.7 Å². The number of nitrogens with one attached hydrogen (secondary N) is 1. The third-order valence-electron chi connectivity index (χ3n) is 6.91. The lowest BCUT2D eigenvalue weighted by molar-refractivity contribution is -0.116. The second kappa shape index (κ2) is 9.18. The Balaban J connectivity index is 1.52. The molecule has 178 valence electrons. The number of nitrogens with zero attached hydrogens (tertiary/aromatic N) is 5. The maximum atomic E-state index is 14.8. The average Bonchev–Trinajstić information content (AvgIpc) is 3.39. The Morgan fingerprint density at radius 2 is 1.91 bits per heavy atom. The lowest BCUT2D eigenvalue weighted by Gasteiger charge is -2.29. The zero-order valence-electron chi connectivity index (χ0n) is 20.0. The highest BCUT2D eigenvalue weighted by molar-refractivity contribution is 5.93. The van der Waals surface area contributed by atoms with Crippen LogP contribution in [0.1, 0.15) is 25.5 Å². The van der Waals surface area contributed by atoms with Crippen LogP contribution in [0.5, 0.6) is 0 Å². The van der Waals surface area contributed by atoms with Gasteiger partial charge in [-0.25, -0.2) is 9.37 Å². The van der Waals surface area contributed by atoms with E-state index >= 15 is 0 Å². The van der Waals surface area contributed by atoms with Crippen LogP contribution in [0.15, 0.2) is 36.4 Å². The maximum absolute atomic E-state index is 14.8. The molecule has 1 saturated heterocycles. The number of carbonyl (C=O) groups is 1. The van der Waals surface area contributed by atoms with Gasteiger partial charge in [-0.1, -0.05) is 6.07 Å². The van der Waals surface area contributed by atoms with Crippen molar-refractivity contribution in [2.75, 3.05) is 43.4 Å². The molecular weight excluding hydrogens is 431 g/mol. The van der Waals surface area contributed by atoms with Crippen molar-refractivity contribution in [3.8, 4) is 22.6 Å². The third kappa shape index (κ3) is 4.30. The number of benzene rings is 1. The molecule has 3 aromatic rings. The minimum Gasteiger partial charge on any atom is -0.382 e. The molecule has 1 amide bonds. The number of anilines is 2. The van der Waals surface area contributed by atoms with Crippen LogP contribution in [0.25, 0.3) is 22.6 Å². The van der Waals surface area contributed by atoms with Crippen molar-refractivity contribution in [1.82, 2.24) is 19.4 Å². The fourth-order valence-corrected chi connectivity index (χ4v) is 4.93. The van der Waals surface area contributed by atoms with E-state index in [1.807, 2.05) is 31.2 Å². The van der Waals surface area contributed by atoms with Crippen LogP contribution in [0.4, 0.5) is 16.0 Å². The Morgan fingerprint density at radius 1 is 1.12 bits per heavy atom. The van der Waals surface area contributed by atoms with Crippen molar-refractivity contribution in [3.05, 3.63) is 47.9 Å². The molecule has 2 aliphatic heterocycles. The van der Waals surface area contributed by atoms with Crippen molar-refractivity contribution < 1.29 is 9.18 Å². The summed E-state index contributed by atoms with van der Waals surface area (Å²) in [6, 6.07) is 11.0. The highest BCUT2D eigenvalue weighted by atomic mass is 19.1. The van der Waals surface area contributed by atoms with Crippen molar-refractivity contribution in [3.63, 3.8) is 0 Å². The number of amides is 1. The van der Waals surface area contributed by atoms with Gasteiger partial charge in [-0.15, -0.1) is 0 Å². The minimum absolute atomic E-state index is 0.0429. The van der Waals surface area contributed by atoms with Crippen LogP contribution < -0.4 is 10.2 Å². The smallest absolute Gasteiger partial charge is 0.226 e. The summed E-state index contributed by atoms with van der Waals surface area (Å²) < 4.78 is 16.8. The van der Waals surface area contributed by atoms with Gasteiger partial charge in [-0.3, -0.25) is 14.7 Å². The predicted octanol–water partition coefficient (Wildman–Crippen LogP) is 4.18. The summed E-state index contributed by atoms with van der Waals surface area (Å²) >= 11 is 0. The van der Waals surface area contributed by atoms with Gasteiger partial charge in [0, 0.05) is 37.8 Å². The zero-order chi connectivity index (χ0) is 23.8. The van der Waals surface area contributed by atoms with Crippen molar-refractivity contribution in [1.29, 1.82) is 0 Å². The topological polar surface area (TPSA) is 66.3 Å². The summed E-state index contributed by atoms with van der Waals surface area (Å²) in [5, 5.41) is 3.36. The Morgan fingerprint density at radius 3 is 2.65 bits per heavy atom. The summed E-state index contributed by atoms with van der Waals surface area (Å²) in [5.74, 6) is 0.845. The normalized spacial score (nSPS) is 16.6. The van der Waals surface area contributed by atoms with E-state index in [9.17, 15) is 9.18 Å². The number of carbonyl (C=O) groups excluding carboxylic acids is 1. The molecule has 0 radical (unpaired) electrons. The van der Waals surface area contributed by atoms with Crippen LogP contribution in [-0.2, 0) is 11.3 Å². The van der Waals surface area contributed by atoms with Gasteiger partial charge < -0.3 is 14.8 Å². The molecule has 5 rings (SSSR count). The zero-order valence-corrected chi connectivity index (χ0v) is 20.0.